The largest absolute Gasteiger partial charge is 1.00 e. The third kappa shape index (κ3) is 4.54. The average molecular weight is 429 g/mol. The van der Waals surface area contributed by atoms with E-state index < -0.39 is 21.3 Å². The Hall–Kier alpha value is -0.324. The molecule has 5 rings (SSSR count). The van der Waals surface area contributed by atoms with E-state index in [9.17, 15) is 13.5 Å². The van der Waals surface area contributed by atoms with Crippen molar-refractivity contribution in [2.75, 3.05) is 14.1 Å². The monoisotopic (exact) mass is 428 g/mol. The van der Waals surface area contributed by atoms with Crippen molar-refractivity contribution in [3.8, 4) is 0 Å². The molecule has 4 saturated carbocycles. The van der Waals surface area contributed by atoms with Crippen LogP contribution in [0, 0.1) is 23.2 Å². The molecule has 1 aromatic carbocycles. The third-order valence-electron chi connectivity index (χ3n) is 6.17. The molecule has 4 aliphatic carbocycles. The van der Waals surface area contributed by atoms with E-state index in [2.05, 4.69) is 14.7 Å². The second-order valence-electron chi connectivity index (χ2n) is 8.60. The standard InChI is InChI=1S/C19H26N4O3S.K/c1-23(2)22-20-16-3-5-17(6-4-16)27(25,26)21-18(24)19-10-13-7-14(11-19)9-15(8-13)12-19;/h3-6,13-15H,7-12H2,1-2H3,(H,21,24);/q;+1/p-1. The van der Waals surface area contributed by atoms with Crippen LogP contribution >= 0.6 is 0 Å². The molecule has 9 heteroatoms. The molecule has 4 fully saturated rings. The van der Waals surface area contributed by atoms with Gasteiger partial charge in [0.15, 0.2) is 0 Å². The molecule has 0 saturated heterocycles. The van der Waals surface area contributed by atoms with E-state index in [0.717, 1.165) is 19.3 Å². The van der Waals surface area contributed by atoms with Crippen molar-refractivity contribution in [2.45, 2.75) is 43.4 Å². The van der Waals surface area contributed by atoms with Crippen LogP contribution in [0.25, 0.3) is 0 Å². The predicted octanol–water partition coefficient (Wildman–Crippen LogP) is -0.0852. The molecule has 0 amide bonds. The van der Waals surface area contributed by atoms with Gasteiger partial charge in [0.1, 0.15) is 0 Å². The van der Waals surface area contributed by atoms with Gasteiger partial charge in [-0.1, -0.05) is 5.22 Å². The van der Waals surface area contributed by atoms with Gasteiger partial charge in [0.25, 0.3) is 10.0 Å². The minimum atomic E-state index is -4.01. The summed E-state index contributed by atoms with van der Waals surface area (Å²) in [6.07, 6.45) is 6.01. The van der Waals surface area contributed by atoms with Gasteiger partial charge in [-0.2, -0.15) is 12.8 Å². The van der Waals surface area contributed by atoms with Crippen molar-refractivity contribution in [1.29, 1.82) is 0 Å². The Labute approximate surface area is 209 Å². The molecule has 28 heavy (non-hydrogen) atoms. The topological polar surface area (TPSA) is 97.5 Å². The Bertz CT molecular complexity index is 846. The van der Waals surface area contributed by atoms with E-state index in [1.54, 1.807) is 31.2 Å². The molecule has 0 radical (unpaired) electrons. The minimum Gasteiger partial charge on any atom is -0.861 e. The van der Waals surface area contributed by atoms with Crippen LogP contribution in [0.3, 0.4) is 0 Å². The van der Waals surface area contributed by atoms with Gasteiger partial charge in [0.05, 0.1) is 10.6 Å². The SMILES string of the molecule is CN(C)N=Nc1ccc(S(=O)(=O)/N=C(\[O-])C23CC4CC(CC(C4)C2)C3)cc1.[K+]. The number of rotatable bonds is 5. The van der Waals surface area contributed by atoms with Gasteiger partial charge in [-0.3, -0.25) is 5.01 Å². The van der Waals surface area contributed by atoms with Gasteiger partial charge in [-0.05, 0) is 86.4 Å². The van der Waals surface area contributed by atoms with Crippen LogP contribution in [-0.2, 0) is 10.0 Å². The zero-order valence-corrected chi connectivity index (χ0v) is 20.6. The van der Waals surface area contributed by atoms with Crippen LogP contribution in [0.15, 0.2) is 43.9 Å². The maximum Gasteiger partial charge on any atom is 1.00 e. The fraction of sp³-hybridized carbons (Fsp3) is 0.632. The van der Waals surface area contributed by atoms with Crippen LogP contribution in [0.5, 0.6) is 0 Å². The van der Waals surface area contributed by atoms with Crippen molar-refractivity contribution in [1.82, 2.24) is 5.01 Å². The van der Waals surface area contributed by atoms with E-state index in [1.807, 2.05) is 0 Å². The fourth-order valence-corrected chi connectivity index (χ4v) is 6.45. The normalized spacial score (nSPS) is 31.8. The summed E-state index contributed by atoms with van der Waals surface area (Å²) in [6, 6.07) is 5.97. The predicted molar refractivity (Wildman–Crippen MR) is 99.9 cm³/mol. The molecule has 0 N–H and O–H groups in total. The molecule has 0 aromatic heterocycles. The number of hydrogen-bond donors (Lipinski definition) is 0. The fourth-order valence-electron chi connectivity index (χ4n) is 5.46. The summed E-state index contributed by atoms with van der Waals surface area (Å²) in [5.74, 6) is 1.27. The number of hydrogen-bond acceptors (Lipinski definition) is 5. The maximum atomic E-state index is 12.9. The third-order valence-corrected chi connectivity index (χ3v) is 7.44. The first kappa shape index (κ1) is 22.4. The Morgan fingerprint density at radius 2 is 1.54 bits per heavy atom. The van der Waals surface area contributed by atoms with E-state index in [0.29, 0.717) is 23.4 Å². The maximum absolute atomic E-state index is 12.9. The van der Waals surface area contributed by atoms with Crippen LogP contribution in [-0.4, -0.2) is 33.4 Å². The summed E-state index contributed by atoms with van der Waals surface area (Å²) in [6.45, 7) is 0. The van der Waals surface area contributed by atoms with Gasteiger partial charge in [0.2, 0.25) is 0 Å². The molecule has 0 unspecified atom stereocenters. The molecular weight excluding hydrogens is 403 g/mol. The summed E-state index contributed by atoms with van der Waals surface area (Å²) in [5, 5.41) is 22.3. The summed E-state index contributed by atoms with van der Waals surface area (Å²) < 4.78 is 29.1. The smallest absolute Gasteiger partial charge is 0.861 e. The Kier molecular flexibility index (Phi) is 6.73. The summed E-state index contributed by atoms with van der Waals surface area (Å²) >= 11 is 0. The Balaban J connectivity index is 0.00000225. The molecule has 146 valence electrons. The zero-order chi connectivity index (χ0) is 19.2. The van der Waals surface area contributed by atoms with Crippen molar-refractivity contribution in [3.05, 3.63) is 24.3 Å². The second kappa shape index (κ2) is 8.43. The van der Waals surface area contributed by atoms with Crippen molar-refractivity contribution >= 4 is 21.6 Å². The molecule has 0 atom stereocenters. The number of nitrogens with zero attached hydrogens (tertiary/aromatic N) is 4. The van der Waals surface area contributed by atoms with Crippen LogP contribution in [0.2, 0.25) is 0 Å². The van der Waals surface area contributed by atoms with Crippen molar-refractivity contribution < 1.29 is 64.9 Å². The summed E-state index contributed by atoms with van der Waals surface area (Å²) in [5.41, 5.74) is -0.00290. The van der Waals surface area contributed by atoms with Gasteiger partial charge in [0, 0.05) is 19.5 Å². The van der Waals surface area contributed by atoms with E-state index in [1.165, 1.54) is 31.4 Å². The zero-order valence-electron chi connectivity index (χ0n) is 16.7. The number of benzene rings is 1. The van der Waals surface area contributed by atoms with Crippen LogP contribution in [0.1, 0.15) is 38.5 Å². The summed E-state index contributed by atoms with van der Waals surface area (Å²) in [4.78, 5) is 0.0179. The first-order valence-electron chi connectivity index (χ1n) is 9.47. The first-order chi connectivity index (χ1) is 12.8. The van der Waals surface area contributed by atoms with Crippen LogP contribution in [0.4, 0.5) is 5.69 Å². The van der Waals surface area contributed by atoms with Gasteiger partial charge in [-0.15, -0.1) is 5.11 Å². The molecule has 0 heterocycles. The van der Waals surface area contributed by atoms with Gasteiger partial charge < -0.3 is 5.11 Å². The molecule has 7 nitrogen and oxygen atoms in total. The summed E-state index contributed by atoms with van der Waals surface area (Å²) in [7, 11) is -0.514. The molecule has 4 bridgehead atoms. The van der Waals surface area contributed by atoms with E-state index >= 15 is 0 Å². The Morgan fingerprint density at radius 3 is 2.00 bits per heavy atom. The molecule has 0 spiro atoms. The molecular formula is C19H25KN4O3S. The van der Waals surface area contributed by atoms with Gasteiger partial charge >= 0.3 is 51.4 Å². The minimum absolute atomic E-state index is 0. The first-order valence-corrected chi connectivity index (χ1v) is 10.9. The molecule has 1 aromatic rings. The number of sulfonamides is 1. The van der Waals surface area contributed by atoms with Crippen LogP contribution < -0.4 is 56.5 Å². The van der Waals surface area contributed by atoms with E-state index in [-0.39, 0.29) is 56.3 Å². The van der Waals surface area contributed by atoms with Crippen molar-refractivity contribution in [2.24, 2.45) is 37.9 Å². The molecule has 4 aliphatic rings. The second-order valence-corrected chi connectivity index (χ2v) is 10.2. The molecule has 0 aliphatic heterocycles. The van der Waals surface area contributed by atoms with Gasteiger partial charge in [-0.25, -0.2) is 0 Å². The van der Waals surface area contributed by atoms with E-state index in [4.69, 9.17) is 0 Å². The quantitative estimate of drug-likeness (QED) is 0.215. The van der Waals surface area contributed by atoms with Crippen molar-refractivity contribution in [3.63, 3.8) is 0 Å². The Morgan fingerprint density at radius 1 is 1.04 bits per heavy atom. The average Bonchev–Trinajstić information content (AvgIpc) is 2.59.